The van der Waals surface area contributed by atoms with E-state index in [9.17, 15) is 13.2 Å². The molecule has 5 heteroatoms. The van der Waals surface area contributed by atoms with E-state index in [1.807, 2.05) is 6.92 Å². The summed E-state index contributed by atoms with van der Waals surface area (Å²) in [5.41, 5.74) is 3.17. The number of alkyl halides is 3. The molecule has 0 aliphatic carbocycles. The maximum Gasteiger partial charge on any atom is 0.416 e. The quantitative estimate of drug-likeness (QED) is 0.379. The lowest BCUT2D eigenvalue weighted by atomic mass is 10.0. The van der Waals surface area contributed by atoms with E-state index in [0.717, 1.165) is 27.9 Å². The molecule has 0 spiro atoms. The predicted octanol–water partition coefficient (Wildman–Crippen LogP) is 6.48. The van der Waals surface area contributed by atoms with Gasteiger partial charge in [0.15, 0.2) is 0 Å². The number of benzene rings is 2. The molecule has 2 aromatic carbocycles. The molecule has 0 radical (unpaired) electrons. The molecule has 4 rings (SSSR count). The smallest absolute Gasteiger partial charge is 0.354 e. The Hall–Kier alpha value is -2.01. The third-order valence-electron chi connectivity index (χ3n) is 4.59. The van der Waals surface area contributed by atoms with Crippen LogP contribution in [0.4, 0.5) is 13.2 Å². The van der Waals surface area contributed by atoms with Crippen LogP contribution in [-0.2, 0) is 6.18 Å². The topological polar surface area (TPSA) is 15.8 Å². The van der Waals surface area contributed by atoms with Crippen LogP contribution in [0.1, 0.15) is 21.6 Å². The molecule has 4 aromatic rings. The molecular formula is C18H14F3NS. The Morgan fingerprint density at radius 2 is 1.65 bits per heavy atom. The monoisotopic (exact) mass is 333 g/mol. The Kier molecular flexibility index (Phi) is 2.86. The van der Waals surface area contributed by atoms with Gasteiger partial charge in [0, 0.05) is 31.4 Å². The van der Waals surface area contributed by atoms with Gasteiger partial charge in [-0.05, 0) is 55.5 Å². The second-order valence-electron chi connectivity index (χ2n) is 5.97. The van der Waals surface area contributed by atoms with Crippen LogP contribution in [0.2, 0.25) is 0 Å². The molecule has 0 fully saturated rings. The SMILES string of the molecule is Cc1sc2c(C)c3c(cc2c1C)[nH]c1cc(C(F)(F)F)ccc13. The Morgan fingerprint density at radius 3 is 2.35 bits per heavy atom. The largest absolute Gasteiger partial charge is 0.416 e. The number of nitrogens with one attached hydrogen (secondary N) is 1. The fourth-order valence-electron chi connectivity index (χ4n) is 3.26. The highest BCUT2D eigenvalue weighted by atomic mass is 32.1. The van der Waals surface area contributed by atoms with Crippen molar-refractivity contribution in [3.05, 3.63) is 45.8 Å². The number of halogens is 3. The van der Waals surface area contributed by atoms with Crippen molar-refractivity contribution in [1.29, 1.82) is 0 Å². The summed E-state index contributed by atoms with van der Waals surface area (Å²) in [4.78, 5) is 4.44. The first kappa shape index (κ1) is 14.6. The molecule has 0 amide bonds. The standard InChI is InChI=1S/C18H14F3NS/c1-8-10(3)23-17-9(2)16-12-5-4-11(18(19,20)21)6-14(12)22-15(16)7-13(8)17/h4-7,22H,1-3H3. The van der Waals surface area contributed by atoms with Gasteiger partial charge in [-0.1, -0.05) is 6.07 Å². The van der Waals surface area contributed by atoms with Crippen LogP contribution in [-0.4, -0.2) is 4.98 Å². The normalized spacial score (nSPS) is 12.8. The molecule has 0 bridgehead atoms. The predicted molar refractivity (Wildman–Crippen MR) is 90.4 cm³/mol. The van der Waals surface area contributed by atoms with Crippen molar-refractivity contribution in [2.75, 3.05) is 0 Å². The van der Waals surface area contributed by atoms with Gasteiger partial charge in [-0.25, -0.2) is 0 Å². The number of aromatic nitrogens is 1. The lowest BCUT2D eigenvalue weighted by Gasteiger charge is -2.06. The lowest BCUT2D eigenvalue weighted by molar-refractivity contribution is -0.137. The number of hydrogen-bond acceptors (Lipinski definition) is 1. The molecule has 2 aromatic heterocycles. The molecule has 0 saturated carbocycles. The maximum atomic E-state index is 12.9. The van der Waals surface area contributed by atoms with Gasteiger partial charge in [0.2, 0.25) is 0 Å². The Bertz CT molecular complexity index is 1080. The van der Waals surface area contributed by atoms with Crippen molar-refractivity contribution in [3.63, 3.8) is 0 Å². The average molecular weight is 333 g/mol. The third kappa shape index (κ3) is 1.99. The molecule has 0 aliphatic rings. The number of H-pyrrole nitrogens is 1. The van der Waals surface area contributed by atoms with Gasteiger partial charge in [-0.3, -0.25) is 0 Å². The van der Waals surface area contributed by atoms with Crippen LogP contribution in [0.3, 0.4) is 0 Å². The number of thiophene rings is 1. The highest BCUT2D eigenvalue weighted by Gasteiger charge is 2.30. The number of aryl methyl sites for hydroxylation is 3. The van der Waals surface area contributed by atoms with Gasteiger partial charge in [0.1, 0.15) is 0 Å². The number of rotatable bonds is 0. The number of fused-ring (bicyclic) bond motifs is 4. The molecule has 1 N–H and O–H groups in total. The van der Waals surface area contributed by atoms with Crippen molar-refractivity contribution in [1.82, 2.24) is 4.98 Å². The zero-order chi connectivity index (χ0) is 16.5. The van der Waals surface area contributed by atoms with Crippen molar-refractivity contribution in [2.45, 2.75) is 26.9 Å². The van der Waals surface area contributed by atoms with Gasteiger partial charge >= 0.3 is 6.18 Å². The number of hydrogen-bond donors (Lipinski definition) is 1. The zero-order valence-electron chi connectivity index (χ0n) is 12.9. The van der Waals surface area contributed by atoms with Crippen LogP contribution < -0.4 is 0 Å². The molecule has 0 atom stereocenters. The first-order chi connectivity index (χ1) is 10.8. The van der Waals surface area contributed by atoms with E-state index >= 15 is 0 Å². The van der Waals surface area contributed by atoms with E-state index in [4.69, 9.17) is 0 Å². The fraction of sp³-hybridized carbons (Fsp3) is 0.222. The summed E-state index contributed by atoms with van der Waals surface area (Å²) < 4.78 is 40.0. The van der Waals surface area contributed by atoms with Crippen LogP contribution in [0.15, 0.2) is 24.3 Å². The molecule has 23 heavy (non-hydrogen) atoms. The zero-order valence-corrected chi connectivity index (χ0v) is 13.7. The van der Waals surface area contributed by atoms with E-state index in [1.54, 1.807) is 17.4 Å². The second-order valence-corrected chi connectivity index (χ2v) is 7.19. The summed E-state index contributed by atoms with van der Waals surface area (Å²) in [5.74, 6) is 0. The van der Waals surface area contributed by atoms with E-state index in [0.29, 0.717) is 5.52 Å². The minimum Gasteiger partial charge on any atom is -0.354 e. The van der Waals surface area contributed by atoms with Crippen molar-refractivity contribution < 1.29 is 13.2 Å². The van der Waals surface area contributed by atoms with E-state index in [2.05, 4.69) is 24.9 Å². The number of aromatic amines is 1. The summed E-state index contributed by atoms with van der Waals surface area (Å²) in [6, 6.07) is 5.98. The minimum absolute atomic E-state index is 0.532. The van der Waals surface area contributed by atoms with Crippen molar-refractivity contribution in [3.8, 4) is 0 Å². The van der Waals surface area contributed by atoms with Crippen LogP contribution >= 0.6 is 11.3 Å². The Morgan fingerprint density at radius 1 is 0.913 bits per heavy atom. The van der Waals surface area contributed by atoms with E-state index < -0.39 is 11.7 Å². The first-order valence-corrected chi connectivity index (χ1v) is 8.11. The van der Waals surface area contributed by atoms with Gasteiger partial charge in [-0.15, -0.1) is 11.3 Å². The van der Waals surface area contributed by atoms with E-state index in [1.165, 1.54) is 26.6 Å². The second kappa shape index (κ2) is 4.51. The average Bonchev–Trinajstić information content (AvgIpc) is 2.98. The minimum atomic E-state index is -4.32. The Balaban J connectivity index is 2.13. The van der Waals surface area contributed by atoms with Gasteiger partial charge in [0.25, 0.3) is 0 Å². The summed E-state index contributed by atoms with van der Waals surface area (Å²) in [7, 11) is 0. The van der Waals surface area contributed by atoms with Crippen molar-refractivity contribution >= 4 is 43.2 Å². The summed E-state index contributed by atoms with van der Waals surface area (Å²) >= 11 is 1.75. The molecular weight excluding hydrogens is 319 g/mol. The molecule has 0 aliphatic heterocycles. The van der Waals surface area contributed by atoms with Crippen molar-refractivity contribution in [2.24, 2.45) is 0 Å². The summed E-state index contributed by atoms with van der Waals surface area (Å²) in [6.07, 6.45) is -4.32. The van der Waals surface area contributed by atoms with E-state index in [-0.39, 0.29) is 0 Å². The molecule has 118 valence electrons. The molecule has 1 nitrogen and oxygen atoms in total. The third-order valence-corrected chi connectivity index (χ3v) is 5.93. The Labute approximate surface area is 134 Å². The van der Waals surface area contributed by atoms with Gasteiger partial charge in [-0.2, -0.15) is 13.2 Å². The van der Waals surface area contributed by atoms with Gasteiger partial charge in [0.05, 0.1) is 5.56 Å². The van der Waals surface area contributed by atoms with Gasteiger partial charge < -0.3 is 4.98 Å². The molecule has 0 unspecified atom stereocenters. The fourth-order valence-corrected chi connectivity index (χ4v) is 4.41. The first-order valence-electron chi connectivity index (χ1n) is 7.29. The highest BCUT2D eigenvalue weighted by Crippen LogP contribution is 2.40. The maximum absolute atomic E-state index is 12.9. The summed E-state index contributed by atoms with van der Waals surface area (Å²) in [5, 5.41) is 3.04. The summed E-state index contributed by atoms with van der Waals surface area (Å²) in [6.45, 7) is 6.23. The van der Waals surface area contributed by atoms with Crippen LogP contribution in [0, 0.1) is 20.8 Å². The molecule has 0 saturated heterocycles. The van der Waals surface area contributed by atoms with Crippen LogP contribution in [0.5, 0.6) is 0 Å². The highest BCUT2D eigenvalue weighted by molar-refractivity contribution is 7.19. The molecule has 2 heterocycles. The van der Waals surface area contributed by atoms with Crippen LogP contribution in [0.25, 0.3) is 31.9 Å². The lowest BCUT2D eigenvalue weighted by Crippen LogP contribution is -2.03.